The Hall–Kier alpha value is -0.640. The van der Waals surface area contributed by atoms with Crippen molar-refractivity contribution < 1.29 is 4.74 Å². The Kier molecular flexibility index (Phi) is 6.38. The highest BCUT2D eigenvalue weighted by Gasteiger charge is 2.04. The van der Waals surface area contributed by atoms with Crippen LogP contribution in [0.2, 0.25) is 5.15 Å². The Labute approximate surface area is 102 Å². The van der Waals surface area contributed by atoms with Crippen molar-refractivity contribution in [2.45, 2.75) is 20.4 Å². The van der Waals surface area contributed by atoms with Crippen molar-refractivity contribution in [2.24, 2.45) is 0 Å². The predicted octanol–water partition coefficient (Wildman–Crippen LogP) is 2.59. The van der Waals surface area contributed by atoms with Gasteiger partial charge in [-0.25, -0.2) is 4.98 Å². The summed E-state index contributed by atoms with van der Waals surface area (Å²) in [5.74, 6) is 0. The molecule has 0 bridgehead atoms. The van der Waals surface area contributed by atoms with Crippen molar-refractivity contribution >= 4 is 11.6 Å². The summed E-state index contributed by atoms with van der Waals surface area (Å²) in [6.45, 7) is 8.57. The largest absolute Gasteiger partial charge is 0.380 e. The molecule has 1 heterocycles. The third-order valence-electron chi connectivity index (χ3n) is 2.40. The number of aromatic nitrogens is 1. The van der Waals surface area contributed by atoms with Gasteiger partial charge in [-0.05, 0) is 31.2 Å². The van der Waals surface area contributed by atoms with E-state index in [4.69, 9.17) is 16.3 Å². The van der Waals surface area contributed by atoms with Crippen molar-refractivity contribution in [1.29, 1.82) is 0 Å². The molecule has 0 unspecified atom stereocenters. The summed E-state index contributed by atoms with van der Waals surface area (Å²) in [6, 6.07) is 3.90. The molecule has 1 aromatic rings. The number of ether oxygens (including phenoxy) is 1. The Balaban J connectivity index is 2.43. The lowest BCUT2D eigenvalue weighted by molar-refractivity contribution is 0.113. The van der Waals surface area contributed by atoms with Crippen LogP contribution in [0.4, 0.5) is 0 Å². The second kappa shape index (κ2) is 7.60. The minimum atomic E-state index is 0.554. The summed E-state index contributed by atoms with van der Waals surface area (Å²) in [7, 11) is 0. The molecule has 90 valence electrons. The number of pyridine rings is 1. The van der Waals surface area contributed by atoms with E-state index in [9.17, 15) is 0 Å². The first-order valence-electron chi connectivity index (χ1n) is 5.66. The maximum atomic E-state index is 5.84. The SMILES string of the molecule is CCOCCN(CC)Cc1ccnc(Cl)c1. The highest BCUT2D eigenvalue weighted by atomic mass is 35.5. The summed E-state index contributed by atoms with van der Waals surface area (Å²) >= 11 is 5.84. The standard InChI is InChI=1S/C12H19ClN2O/c1-3-15(7-8-16-4-2)10-11-5-6-14-12(13)9-11/h5-6,9H,3-4,7-8,10H2,1-2H3. The second-order valence-electron chi connectivity index (χ2n) is 3.55. The molecule has 0 saturated carbocycles. The lowest BCUT2D eigenvalue weighted by Gasteiger charge is -2.20. The van der Waals surface area contributed by atoms with Gasteiger partial charge in [0.05, 0.1) is 6.61 Å². The van der Waals surface area contributed by atoms with Gasteiger partial charge in [0.1, 0.15) is 5.15 Å². The number of hydrogen-bond acceptors (Lipinski definition) is 3. The topological polar surface area (TPSA) is 25.4 Å². The summed E-state index contributed by atoms with van der Waals surface area (Å²) in [4.78, 5) is 6.29. The highest BCUT2D eigenvalue weighted by Crippen LogP contribution is 2.09. The smallest absolute Gasteiger partial charge is 0.129 e. The molecule has 0 spiro atoms. The second-order valence-corrected chi connectivity index (χ2v) is 3.94. The minimum absolute atomic E-state index is 0.554. The van der Waals surface area contributed by atoms with Crippen molar-refractivity contribution in [2.75, 3.05) is 26.3 Å². The van der Waals surface area contributed by atoms with Crippen LogP contribution < -0.4 is 0 Å². The lowest BCUT2D eigenvalue weighted by atomic mass is 10.2. The zero-order valence-corrected chi connectivity index (χ0v) is 10.7. The van der Waals surface area contributed by atoms with Crippen LogP contribution >= 0.6 is 11.6 Å². The van der Waals surface area contributed by atoms with Crippen LogP contribution in [0.15, 0.2) is 18.3 Å². The van der Waals surface area contributed by atoms with Crippen LogP contribution in [-0.2, 0) is 11.3 Å². The molecule has 0 saturated heterocycles. The number of hydrogen-bond donors (Lipinski definition) is 0. The Bertz CT molecular complexity index is 307. The quantitative estimate of drug-likeness (QED) is 0.543. The summed E-state index contributed by atoms with van der Waals surface area (Å²) < 4.78 is 5.35. The monoisotopic (exact) mass is 242 g/mol. The maximum Gasteiger partial charge on any atom is 0.129 e. The number of rotatable bonds is 7. The van der Waals surface area contributed by atoms with Crippen LogP contribution in [-0.4, -0.2) is 36.2 Å². The van der Waals surface area contributed by atoms with Crippen LogP contribution in [0, 0.1) is 0 Å². The molecule has 0 aliphatic carbocycles. The van der Waals surface area contributed by atoms with Crippen LogP contribution in [0.1, 0.15) is 19.4 Å². The predicted molar refractivity (Wildman–Crippen MR) is 66.7 cm³/mol. The molecule has 0 N–H and O–H groups in total. The van der Waals surface area contributed by atoms with Gasteiger partial charge in [-0.1, -0.05) is 18.5 Å². The zero-order chi connectivity index (χ0) is 11.8. The van der Waals surface area contributed by atoms with Crippen molar-refractivity contribution in [1.82, 2.24) is 9.88 Å². The van der Waals surface area contributed by atoms with Gasteiger partial charge >= 0.3 is 0 Å². The molecule has 0 atom stereocenters. The average molecular weight is 243 g/mol. The molecule has 0 fully saturated rings. The highest BCUT2D eigenvalue weighted by molar-refractivity contribution is 6.29. The van der Waals surface area contributed by atoms with E-state index in [0.29, 0.717) is 5.15 Å². The fraction of sp³-hybridized carbons (Fsp3) is 0.583. The van der Waals surface area contributed by atoms with Gasteiger partial charge in [0, 0.05) is 25.9 Å². The zero-order valence-electron chi connectivity index (χ0n) is 9.95. The number of likely N-dealkylation sites (N-methyl/N-ethyl adjacent to an activating group) is 1. The third-order valence-corrected chi connectivity index (χ3v) is 2.61. The molecule has 1 rings (SSSR count). The van der Waals surface area contributed by atoms with Crippen molar-refractivity contribution in [3.05, 3.63) is 29.0 Å². The fourth-order valence-electron chi connectivity index (χ4n) is 1.49. The lowest BCUT2D eigenvalue weighted by Crippen LogP contribution is -2.27. The molecular weight excluding hydrogens is 224 g/mol. The molecule has 0 amide bonds. The van der Waals surface area contributed by atoms with E-state index in [1.807, 2.05) is 19.1 Å². The van der Waals surface area contributed by atoms with Gasteiger partial charge in [-0.3, -0.25) is 4.90 Å². The van der Waals surface area contributed by atoms with Gasteiger partial charge in [-0.15, -0.1) is 0 Å². The van der Waals surface area contributed by atoms with E-state index >= 15 is 0 Å². The van der Waals surface area contributed by atoms with Gasteiger partial charge < -0.3 is 4.74 Å². The van der Waals surface area contributed by atoms with Gasteiger partial charge in [0.2, 0.25) is 0 Å². The van der Waals surface area contributed by atoms with E-state index in [2.05, 4.69) is 16.8 Å². The van der Waals surface area contributed by atoms with Crippen LogP contribution in [0.5, 0.6) is 0 Å². The third kappa shape index (κ3) is 4.92. The van der Waals surface area contributed by atoms with E-state index < -0.39 is 0 Å². The van der Waals surface area contributed by atoms with E-state index in [1.54, 1.807) is 6.20 Å². The molecule has 3 nitrogen and oxygen atoms in total. The van der Waals surface area contributed by atoms with E-state index in [0.717, 1.165) is 32.8 Å². The number of halogens is 1. The molecule has 0 radical (unpaired) electrons. The summed E-state index contributed by atoms with van der Waals surface area (Å²) in [6.07, 6.45) is 1.74. The average Bonchev–Trinajstić information content (AvgIpc) is 2.28. The molecule has 0 aliphatic rings. The molecule has 0 aromatic carbocycles. The van der Waals surface area contributed by atoms with Gasteiger partial charge in [0.15, 0.2) is 0 Å². The van der Waals surface area contributed by atoms with Gasteiger partial charge in [-0.2, -0.15) is 0 Å². The first kappa shape index (κ1) is 13.4. The molecular formula is C12H19ClN2O. The molecule has 0 aliphatic heterocycles. The fourth-order valence-corrected chi connectivity index (χ4v) is 1.68. The maximum absolute atomic E-state index is 5.84. The van der Waals surface area contributed by atoms with E-state index in [1.165, 1.54) is 5.56 Å². The minimum Gasteiger partial charge on any atom is -0.380 e. The van der Waals surface area contributed by atoms with Crippen LogP contribution in [0.3, 0.4) is 0 Å². The summed E-state index contributed by atoms with van der Waals surface area (Å²) in [5, 5.41) is 0.554. The Morgan fingerprint density at radius 3 is 2.88 bits per heavy atom. The molecule has 1 aromatic heterocycles. The van der Waals surface area contributed by atoms with E-state index in [-0.39, 0.29) is 0 Å². The Morgan fingerprint density at radius 2 is 2.25 bits per heavy atom. The van der Waals surface area contributed by atoms with Crippen LogP contribution in [0.25, 0.3) is 0 Å². The first-order valence-corrected chi connectivity index (χ1v) is 6.04. The summed E-state index contributed by atoms with van der Waals surface area (Å²) in [5.41, 5.74) is 1.19. The normalized spacial score (nSPS) is 11.0. The van der Waals surface area contributed by atoms with Gasteiger partial charge in [0.25, 0.3) is 0 Å². The van der Waals surface area contributed by atoms with Crippen molar-refractivity contribution in [3.8, 4) is 0 Å². The Morgan fingerprint density at radius 1 is 1.44 bits per heavy atom. The molecule has 4 heteroatoms. The molecule has 16 heavy (non-hydrogen) atoms. The van der Waals surface area contributed by atoms with Crippen molar-refractivity contribution in [3.63, 3.8) is 0 Å². The number of nitrogens with zero attached hydrogens (tertiary/aromatic N) is 2. The first-order chi connectivity index (χ1) is 7.76.